The first kappa shape index (κ1) is 35.8. The molecular weight excluding hydrogens is 527 g/mol. The van der Waals surface area contributed by atoms with Gasteiger partial charge in [0.05, 0.1) is 33.9 Å². The van der Waals surface area contributed by atoms with Crippen LogP contribution in [-0.2, 0) is 26.6 Å². The van der Waals surface area contributed by atoms with Crippen LogP contribution in [0.2, 0.25) is 64.5 Å². The number of quaternary nitrogens is 1. The van der Waals surface area contributed by atoms with Gasteiger partial charge in [0.25, 0.3) is 0 Å². The molecule has 8 nitrogen and oxygen atoms in total. The van der Waals surface area contributed by atoms with E-state index in [0.717, 1.165) is 42.5 Å². The van der Waals surface area contributed by atoms with Crippen molar-refractivity contribution in [3.63, 3.8) is 0 Å². The third-order valence-corrected chi connectivity index (χ3v) is 21.1. The molecule has 0 fully saturated rings. The van der Waals surface area contributed by atoms with Gasteiger partial charge in [0.2, 0.25) is 0 Å². The first-order valence-electron chi connectivity index (χ1n) is 13.2. The molecule has 0 aliphatic carbocycles. The number of aliphatic hydroxyl groups is 1. The number of nitrogens with zero attached hydrogens (tertiary/aromatic N) is 1. The quantitative estimate of drug-likeness (QED) is 0.0723. The van der Waals surface area contributed by atoms with Crippen LogP contribution in [0.1, 0.15) is 19.8 Å². The Morgan fingerprint density at radius 1 is 0.778 bits per heavy atom. The average Bonchev–Trinajstić information content (AvgIpc) is 2.63. The van der Waals surface area contributed by atoms with Gasteiger partial charge in [0.15, 0.2) is 16.6 Å². The molecule has 0 saturated carbocycles. The molecule has 0 heterocycles. The summed E-state index contributed by atoms with van der Waals surface area (Å²) >= 11 is 0. The van der Waals surface area contributed by atoms with E-state index in [1.54, 1.807) is 6.92 Å². The zero-order valence-corrected chi connectivity index (χ0v) is 29.1. The summed E-state index contributed by atoms with van der Waals surface area (Å²) in [5.74, 6) is -0.379. The van der Waals surface area contributed by atoms with Gasteiger partial charge in [-0.25, -0.2) is 4.79 Å². The predicted octanol–water partition coefficient (Wildman–Crippen LogP) is 4.83. The van der Waals surface area contributed by atoms with Gasteiger partial charge < -0.3 is 31.4 Å². The molecule has 0 aromatic rings. The Morgan fingerprint density at radius 3 is 1.75 bits per heavy atom. The van der Waals surface area contributed by atoms with E-state index in [4.69, 9.17) is 21.8 Å². The molecule has 0 aliphatic rings. The average molecular weight is 583 g/mol. The lowest BCUT2D eigenvalue weighted by atomic mass is 10.4. The van der Waals surface area contributed by atoms with Crippen LogP contribution in [0.3, 0.4) is 0 Å². The number of ether oxygens (including phenoxy) is 2. The maximum absolute atomic E-state index is 11.4. The summed E-state index contributed by atoms with van der Waals surface area (Å²) < 4.78 is 31.5. The molecular formula is C24H56NO7Si4+. The summed E-state index contributed by atoms with van der Waals surface area (Å²) in [4.78, 5) is 11.4. The minimum Gasteiger partial charge on any atom is -0.460 e. The van der Waals surface area contributed by atoms with E-state index in [-0.39, 0.29) is 19.2 Å². The fourth-order valence-electron chi connectivity index (χ4n) is 4.40. The molecule has 36 heavy (non-hydrogen) atoms. The van der Waals surface area contributed by atoms with E-state index in [2.05, 4.69) is 73.1 Å². The zero-order chi connectivity index (χ0) is 28.3. The molecule has 0 atom stereocenters. The molecule has 0 saturated heterocycles. The van der Waals surface area contributed by atoms with Crippen molar-refractivity contribution in [2.75, 3.05) is 53.6 Å². The van der Waals surface area contributed by atoms with E-state index < -0.39 is 33.8 Å². The van der Waals surface area contributed by atoms with Crippen molar-refractivity contribution in [2.45, 2.75) is 84.2 Å². The van der Waals surface area contributed by atoms with Crippen LogP contribution in [0.25, 0.3) is 0 Å². The minimum atomic E-state index is -2.37. The van der Waals surface area contributed by atoms with E-state index in [1.165, 1.54) is 0 Å². The number of carbonyl (C=O) groups is 1. The van der Waals surface area contributed by atoms with Gasteiger partial charge in [0, 0.05) is 12.2 Å². The third-order valence-electron chi connectivity index (χ3n) is 5.66. The Labute approximate surface area is 225 Å². The molecule has 0 rings (SSSR count). The fourth-order valence-corrected chi connectivity index (χ4v) is 23.7. The third kappa shape index (κ3) is 18.1. The van der Waals surface area contributed by atoms with Crippen molar-refractivity contribution in [2.24, 2.45) is 0 Å². The van der Waals surface area contributed by atoms with Crippen LogP contribution in [0.5, 0.6) is 0 Å². The smallest absolute Gasteiger partial charge is 0.333 e. The van der Waals surface area contributed by atoms with Gasteiger partial charge in [-0.3, -0.25) is 0 Å². The minimum absolute atomic E-state index is 0.220. The summed E-state index contributed by atoms with van der Waals surface area (Å²) in [5.41, 5.74) is 0.397. The standard InChI is InChI=1S/C24H56NO7Si4/c1-23(2)24(27)29-20-19-28-18-14-22-34(7,8)31-36(11,12)32-35(9,10)30-33(5,6)21-13-15-25(3,4)16-17-26/h26H,1,13-22H2,2-12H3/q+1. The van der Waals surface area contributed by atoms with E-state index in [0.29, 0.717) is 18.8 Å². The highest BCUT2D eigenvalue weighted by Crippen LogP contribution is 2.27. The van der Waals surface area contributed by atoms with Crippen molar-refractivity contribution in [1.29, 1.82) is 0 Å². The number of rotatable bonds is 20. The summed E-state index contributed by atoms with van der Waals surface area (Å²) in [5, 5.41) is 9.25. The van der Waals surface area contributed by atoms with Gasteiger partial charge in [-0.15, -0.1) is 0 Å². The van der Waals surface area contributed by atoms with Crippen LogP contribution in [0, 0.1) is 0 Å². The van der Waals surface area contributed by atoms with Crippen molar-refractivity contribution in [3.05, 3.63) is 12.2 Å². The highest BCUT2D eigenvalue weighted by molar-refractivity contribution is 6.89. The molecule has 0 radical (unpaired) electrons. The maximum atomic E-state index is 11.4. The van der Waals surface area contributed by atoms with Crippen LogP contribution in [-0.4, -0.2) is 103 Å². The van der Waals surface area contributed by atoms with Gasteiger partial charge >= 0.3 is 23.1 Å². The highest BCUT2D eigenvalue weighted by atomic mass is 28.5. The van der Waals surface area contributed by atoms with Crippen molar-refractivity contribution < 1.29 is 36.2 Å². The molecule has 0 aromatic heterocycles. The second kappa shape index (κ2) is 15.4. The van der Waals surface area contributed by atoms with Crippen molar-refractivity contribution in [3.8, 4) is 0 Å². The number of aliphatic hydroxyl groups excluding tert-OH is 1. The van der Waals surface area contributed by atoms with E-state index >= 15 is 0 Å². The topological polar surface area (TPSA) is 83.5 Å². The molecule has 12 heteroatoms. The molecule has 1 N–H and O–H groups in total. The molecule has 214 valence electrons. The first-order valence-corrected chi connectivity index (χ1v) is 25.0. The second-order valence-corrected chi connectivity index (χ2v) is 28.6. The zero-order valence-electron chi connectivity index (χ0n) is 25.1. The second-order valence-electron chi connectivity index (χ2n) is 12.5. The number of esters is 1. The molecule has 0 aromatic carbocycles. The Morgan fingerprint density at radius 2 is 1.28 bits per heavy atom. The first-order chi connectivity index (χ1) is 16.2. The van der Waals surface area contributed by atoms with Gasteiger partial charge in [-0.2, -0.15) is 0 Å². The Bertz CT molecular complexity index is 685. The van der Waals surface area contributed by atoms with Crippen LogP contribution in [0.15, 0.2) is 12.2 Å². The summed E-state index contributed by atoms with van der Waals surface area (Å²) in [6.07, 6.45) is 1.99. The highest BCUT2D eigenvalue weighted by Gasteiger charge is 2.43. The lowest BCUT2D eigenvalue weighted by molar-refractivity contribution is -0.890. The maximum Gasteiger partial charge on any atom is 0.333 e. The number of likely N-dealkylation sites (N-methyl/N-ethyl adjacent to an activating group) is 1. The number of hydrogen-bond acceptors (Lipinski definition) is 7. The summed E-state index contributed by atoms with van der Waals surface area (Å²) in [6.45, 7) is 26.1. The lowest BCUT2D eigenvalue weighted by Gasteiger charge is -2.41. The lowest BCUT2D eigenvalue weighted by Crippen LogP contribution is -2.56. The Kier molecular flexibility index (Phi) is 15.4. The van der Waals surface area contributed by atoms with Crippen LogP contribution < -0.4 is 0 Å². The number of carbonyl (C=O) groups excluding carboxylic acids is 1. The van der Waals surface area contributed by atoms with Crippen molar-refractivity contribution in [1.82, 2.24) is 0 Å². The molecule has 0 spiro atoms. The summed E-state index contributed by atoms with van der Waals surface area (Å²) in [6, 6.07) is 2.05. The summed E-state index contributed by atoms with van der Waals surface area (Å²) in [7, 11) is -4.20. The SMILES string of the molecule is C=C(C)C(=O)OCCOCCC[Si](C)(C)O[Si](C)(C)O[Si](C)(C)O[Si](C)(C)CCC[N+](C)(C)CCO. The fraction of sp³-hybridized carbons (Fsp3) is 0.875. The predicted molar refractivity (Wildman–Crippen MR) is 158 cm³/mol. The van der Waals surface area contributed by atoms with Crippen LogP contribution in [0.4, 0.5) is 0 Å². The van der Waals surface area contributed by atoms with Crippen LogP contribution >= 0.6 is 0 Å². The largest absolute Gasteiger partial charge is 0.460 e. The molecule has 0 aliphatic heterocycles. The Balaban J connectivity index is 4.54. The normalized spacial score (nSPS) is 13.7. The Hall–Kier alpha value is -0.162. The molecule has 0 amide bonds. The van der Waals surface area contributed by atoms with E-state index in [9.17, 15) is 9.90 Å². The van der Waals surface area contributed by atoms with Gasteiger partial charge in [-0.05, 0) is 84.2 Å². The van der Waals surface area contributed by atoms with Gasteiger partial charge in [-0.1, -0.05) is 6.58 Å². The van der Waals surface area contributed by atoms with Crippen molar-refractivity contribution >= 4 is 39.7 Å². The van der Waals surface area contributed by atoms with E-state index in [1.807, 2.05) is 0 Å². The molecule has 0 unspecified atom stereocenters. The number of hydrogen-bond donors (Lipinski definition) is 1. The molecule has 0 bridgehead atoms. The van der Waals surface area contributed by atoms with Gasteiger partial charge in [0.1, 0.15) is 13.2 Å². The monoisotopic (exact) mass is 582 g/mol.